The van der Waals surface area contributed by atoms with Gasteiger partial charge in [0.2, 0.25) is 0 Å². The number of anilines is 1. The van der Waals surface area contributed by atoms with Gasteiger partial charge in [0.1, 0.15) is 12.7 Å². The van der Waals surface area contributed by atoms with Crippen LogP contribution < -0.4 is 5.32 Å². The molecule has 0 aliphatic rings. The summed E-state index contributed by atoms with van der Waals surface area (Å²) in [5, 5.41) is 11.1. The van der Waals surface area contributed by atoms with Crippen LogP contribution in [0.2, 0.25) is 5.02 Å². The highest BCUT2D eigenvalue weighted by Crippen LogP contribution is 2.27. The Bertz CT molecular complexity index is 875. The average molecular weight is 341 g/mol. The van der Waals surface area contributed by atoms with Crippen LogP contribution in [-0.2, 0) is 6.42 Å². The number of aryl methyl sites for hydroxylation is 2. The van der Waals surface area contributed by atoms with Crippen LogP contribution in [0.4, 0.5) is 5.69 Å². The molecule has 3 rings (SSSR count). The van der Waals surface area contributed by atoms with E-state index in [-0.39, 0.29) is 5.91 Å². The van der Waals surface area contributed by atoms with Crippen molar-refractivity contribution in [3.8, 4) is 5.69 Å². The van der Waals surface area contributed by atoms with Crippen LogP contribution in [0, 0.1) is 6.92 Å². The molecule has 0 unspecified atom stereocenters. The van der Waals surface area contributed by atoms with E-state index < -0.39 is 0 Å². The van der Waals surface area contributed by atoms with Crippen molar-refractivity contribution in [1.82, 2.24) is 14.8 Å². The smallest absolute Gasteiger partial charge is 0.257 e. The minimum absolute atomic E-state index is 0.213. The first-order valence-electron chi connectivity index (χ1n) is 7.64. The monoisotopic (exact) mass is 340 g/mol. The number of amides is 1. The minimum atomic E-state index is -0.213. The van der Waals surface area contributed by atoms with Gasteiger partial charge in [-0.15, -0.1) is 10.2 Å². The fourth-order valence-electron chi connectivity index (χ4n) is 2.61. The van der Waals surface area contributed by atoms with Gasteiger partial charge < -0.3 is 5.32 Å². The third-order valence-electron chi connectivity index (χ3n) is 3.86. The van der Waals surface area contributed by atoms with Gasteiger partial charge in [0.05, 0.1) is 10.6 Å². The van der Waals surface area contributed by atoms with E-state index in [4.69, 9.17) is 11.6 Å². The SMILES string of the molecule is CCc1cc(-n2cnnc2)cc(C)c1NC(=O)c1ccccc1Cl. The molecule has 2 aromatic carbocycles. The lowest BCUT2D eigenvalue weighted by atomic mass is 10.0. The summed E-state index contributed by atoms with van der Waals surface area (Å²) < 4.78 is 1.84. The first kappa shape index (κ1) is 16.2. The molecule has 5 nitrogen and oxygen atoms in total. The number of hydrogen-bond acceptors (Lipinski definition) is 3. The van der Waals surface area contributed by atoms with Crippen LogP contribution in [0.5, 0.6) is 0 Å². The van der Waals surface area contributed by atoms with Crippen molar-refractivity contribution >= 4 is 23.2 Å². The number of aromatic nitrogens is 3. The number of carbonyl (C=O) groups is 1. The fraction of sp³-hybridized carbons (Fsp3) is 0.167. The summed E-state index contributed by atoms with van der Waals surface area (Å²) in [5.41, 5.74) is 4.25. The summed E-state index contributed by atoms with van der Waals surface area (Å²) in [6.07, 6.45) is 4.08. The van der Waals surface area contributed by atoms with Gasteiger partial charge in [0.15, 0.2) is 0 Å². The van der Waals surface area contributed by atoms with Crippen LogP contribution in [-0.4, -0.2) is 20.7 Å². The highest BCUT2D eigenvalue weighted by Gasteiger charge is 2.14. The Labute approximate surface area is 145 Å². The molecule has 0 aliphatic carbocycles. The third kappa shape index (κ3) is 3.16. The van der Waals surface area contributed by atoms with Gasteiger partial charge in [0.25, 0.3) is 5.91 Å². The van der Waals surface area contributed by atoms with Crippen molar-refractivity contribution < 1.29 is 4.79 Å². The van der Waals surface area contributed by atoms with E-state index in [2.05, 4.69) is 22.4 Å². The molecule has 0 radical (unpaired) electrons. The first-order valence-corrected chi connectivity index (χ1v) is 8.02. The Kier molecular flexibility index (Phi) is 4.62. The topological polar surface area (TPSA) is 59.8 Å². The number of halogens is 1. The van der Waals surface area contributed by atoms with Crippen molar-refractivity contribution in [1.29, 1.82) is 0 Å². The highest BCUT2D eigenvalue weighted by molar-refractivity contribution is 6.34. The zero-order chi connectivity index (χ0) is 17.1. The van der Waals surface area contributed by atoms with Crippen LogP contribution in [0.15, 0.2) is 49.1 Å². The summed E-state index contributed by atoms with van der Waals surface area (Å²) in [4.78, 5) is 12.5. The second kappa shape index (κ2) is 6.84. The Morgan fingerprint density at radius 2 is 1.92 bits per heavy atom. The molecule has 1 N–H and O–H groups in total. The molecule has 1 aromatic heterocycles. The van der Waals surface area contributed by atoms with Crippen LogP contribution in [0.3, 0.4) is 0 Å². The average Bonchev–Trinajstić information content (AvgIpc) is 3.11. The first-order chi connectivity index (χ1) is 11.6. The predicted molar refractivity (Wildman–Crippen MR) is 94.9 cm³/mol. The van der Waals surface area contributed by atoms with Gasteiger partial charge in [-0.25, -0.2) is 0 Å². The predicted octanol–water partition coefficient (Wildman–Crippen LogP) is 4.04. The van der Waals surface area contributed by atoms with Crippen LogP contribution in [0.1, 0.15) is 28.4 Å². The number of rotatable bonds is 4. The molecular formula is C18H17ClN4O. The van der Waals surface area contributed by atoms with Gasteiger partial charge in [-0.3, -0.25) is 9.36 Å². The molecule has 3 aromatic rings. The molecule has 0 saturated heterocycles. The third-order valence-corrected chi connectivity index (χ3v) is 4.19. The molecule has 0 bridgehead atoms. The summed E-state index contributed by atoms with van der Waals surface area (Å²) in [6.45, 7) is 4.02. The molecular weight excluding hydrogens is 324 g/mol. The molecule has 0 aliphatic heterocycles. The van der Waals surface area contributed by atoms with Gasteiger partial charge in [-0.05, 0) is 48.7 Å². The van der Waals surface area contributed by atoms with E-state index in [1.165, 1.54) is 0 Å². The molecule has 1 amide bonds. The molecule has 0 saturated carbocycles. The second-order valence-electron chi connectivity index (χ2n) is 5.45. The maximum Gasteiger partial charge on any atom is 0.257 e. The minimum Gasteiger partial charge on any atom is -0.321 e. The number of carbonyl (C=O) groups excluding carboxylic acids is 1. The lowest BCUT2D eigenvalue weighted by Crippen LogP contribution is -2.15. The molecule has 0 atom stereocenters. The van der Waals surface area contributed by atoms with Gasteiger partial charge in [-0.2, -0.15) is 0 Å². The van der Waals surface area contributed by atoms with Gasteiger partial charge in [-0.1, -0.05) is 30.7 Å². The Balaban J connectivity index is 1.96. The Morgan fingerprint density at radius 3 is 2.58 bits per heavy atom. The van der Waals surface area contributed by atoms with E-state index in [9.17, 15) is 4.79 Å². The molecule has 122 valence electrons. The molecule has 0 fully saturated rings. The molecule has 0 spiro atoms. The largest absolute Gasteiger partial charge is 0.321 e. The molecule has 1 heterocycles. The normalized spacial score (nSPS) is 10.6. The number of benzene rings is 2. The van der Waals surface area contributed by atoms with Gasteiger partial charge in [0, 0.05) is 11.4 Å². The Morgan fingerprint density at radius 1 is 1.21 bits per heavy atom. The fourth-order valence-corrected chi connectivity index (χ4v) is 2.83. The van der Waals surface area contributed by atoms with E-state index in [0.717, 1.165) is 28.9 Å². The van der Waals surface area contributed by atoms with Crippen LogP contribution >= 0.6 is 11.6 Å². The maximum atomic E-state index is 12.5. The second-order valence-corrected chi connectivity index (χ2v) is 5.86. The van der Waals surface area contributed by atoms with Gasteiger partial charge >= 0.3 is 0 Å². The van der Waals surface area contributed by atoms with Crippen molar-refractivity contribution in [2.24, 2.45) is 0 Å². The summed E-state index contributed by atoms with van der Waals surface area (Å²) in [5.74, 6) is -0.213. The summed E-state index contributed by atoms with van der Waals surface area (Å²) in [6, 6.07) is 11.0. The van der Waals surface area contributed by atoms with Crippen molar-refractivity contribution in [3.63, 3.8) is 0 Å². The van der Waals surface area contributed by atoms with Crippen molar-refractivity contribution in [2.45, 2.75) is 20.3 Å². The van der Waals surface area contributed by atoms with E-state index in [1.54, 1.807) is 36.9 Å². The zero-order valence-electron chi connectivity index (χ0n) is 13.5. The Hall–Kier alpha value is -2.66. The quantitative estimate of drug-likeness (QED) is 0.779. The molecule has 24 heavy (non-hydrogen) atoms. The van der Waals surface area contributed by atoms with E-state index >= 15 is 0 Å². The standard InChI is InChI=1S/C18H17ClN4O/c1-3-13-9-14(23-10-20-21-11-23)8-12(2)17(13)22-18(24)15-6-4-5-7-16(15)19/h4-11H,3H2,1-2H3,(H,22,24). The number of nitrogens with one attached hydrogen (secondary N) is 1. The zero-order valence-corrected chi connectivity index (χ0v) is 14.2. The molecule has 6 heteroatoms. The van der Waals surface area contributed by atoms with Crippen molar-refractivity contribution in [3.05, 3.63) is 70.8 Å². The highest BCUT2D eigenvalue weighted by atomic mass is 35.5. The summed E-state index contributed by atoms with van der Waals surface area (Å²) in [7, 11) is 0. The lowest BCUT2D eigenvalue weighted by molar-refractivity contribution is 0.102. The summed E-state index contributed by atoms with van der Waals surface area (Å²) >= 11 is 6.11. The number of hydrogen-bond donors (Lipinski definition) is 1. The van der Waals surface area contributed by atoms with Crippen LogP contribution in [0.25, 0.3) is 5.69 Å². The lowest BCUT2D eigenvalue weighted by Gasteiger charge is -2.16. The van der Waals surface area contributed by atoms with E-state index in [0.29, 0.717) is 10.6 Å². The number of nitrogens with zero attached hydrogens (tertiary/aromatic N) is 3. The van der Waals surface area contributed by atoms with Crippen molar-refractivity contribution in [2.75, 3.05) is 5.32 Å². The maximum absolute atomic E-state index is 12.5. The van der Waals surface area contributed by atoms with E-state index in [1.807, 2.05) is 23.6 Å².